The molecule has 0 spiro atoms. The van der Waals surface area contributed by atoms with Crippen molar-refractivity contribution >= 4 is 17.2 Å². The maximum Gasteiger partial charge on any atom is 0.416 e. The first-order valence-electron chi connectivity index (χ1n) is 12.1. The van der Waals surface area contributed by atoms with Crippen molar-refractivity contribution in [3.63, 3.8) is 0 Å². The molecule has 2 aromatic carbocycles. The molecule has 1 unspecified atom stereocenters. The zero-order valence-corrected chi connectivity index (χ0v) is 20.3. The number of aromatic nitrogens is 2. The maximum atomic E-state index is 14.2. The van der Waals surface area contributed by atoms with Gasteiger partial charge < -0.3 is 14.2 Å². The van der Waals surface area contributed by atoms with E-state index in [0.717, 1.165) is 29.2 Å². The highest BCUT2D eigenvalue weighted by Gasteiger charge is 2.32. The molecule has 2 aromatic heterocycles. The molecule has 1 fully saturated rings. The van der Waals surface area contributed by atoms with Gasteiger partial charge in [-0.15, -0.1) is 0 Å². The number of hydrogen-bond donors (Lipinski definition) is 0. The zero-order chi connectivity index (χ0) is 26.2. The van der Waals surface area contributed by atoms with Crippen LogP contribution in [0.2, 0.25) is 0 Å². The molecule has 0 saturated carbocycles. The van der Waals surface area contributed by atoms with Gasteiger partial charge in [0, 0.05) is 56.1 Å². The average molecular weight is 511 g/mol. The van der Waals surface area contributed by atoms with Gasteiger partial charge in [-0.3, -0.25) is 4.79 Å². The fourth-order valence-corrected chi connectivity index (χ4v) is 4.99. The van der Waals surface area contributed by atoms with E-state index in [0.29, 0.717) is 37.4 Å². The van der Waals surface area contributed by atoms with Gasteiger partial charge in [-0.25, -0.2) is 9.37 Å². The fraction of sp³-hybridized carbons (Fsp3) is 0.286. The number of aryl methyl sites for hydroxylation is 1. The van der Waals surface area contributed by atoms with Crippen molar-refractivity contribution in [1.82, 2.24) is 14.3 Å². The Morgan fingerprint density at radius 3 is 2.43 bits per heavy atom. The number of imidazole rings is 1. The fourth-order valence-electron chi connectivity index (χ4n) is 4.99. The Balaban J connectivity index is 1.35. The van der Waals surface area contributed by atoms with Crippen molar-refractivity contribution in [3.8, 4) is 0 Å². The molecule has 3 heterocycles. The Morgan fingerprint density at radius 2 is 1.70 bits per heavy atom. The van der Waals surface area contributed by atoms with E-state index >= 15 is 0 Å². The van der Waals surface area contributed by atoms with E-state index in [1.54, 1.807) is 23.2 Å². The molecule has 0 bridgehead atoms. The van der Waals surface area contributed by atoms with E-state index in [1.165, 1.54) is 18.2 Å². The van der Waals surface area contributed by atoms with Gasteiger partial charge in [0.05, 0.1) is 11.3 Å². The SMILES string of the molecule is Cc1cccc2ncc(C(CC(=O)N3CCN(c4cccc(C(F)(F)F)c4)CC3)c3cccc(F)c3)n12. The van der Waals surface area contributed by atoms with Crippen LogP contribution in [-0.4, -0.2) is 46.4 Å². The van der Waals surface area contributed by atoms with Gasteiger partial charge >= 0.3 is 6.18 Å². The molecule has 9 heteroatoms. The van der Waals surface area contributed by atoms with Crippen LogP contribution in [-0.2, 0) is 11.0 Å². The van der Waals surface area contributed by atoms with Gasteiger partial charge in [-0.1, -0.05) is 24.3 Å². The molecule has 1 atom stereocenters. The highest BCUT2D eigenvalue weighted by Crippen LogP contribution is 2.33. The van der Waals surface area contributed by atoms with Crippen molar-refractivity contribution < 1.29 is 22.4 Å². The molecule has 1 saturated heterocycles. The lowest BCUT2D eigenvalue weighted by atomic mass is 9.91. The van der Waals surface area contributed by atoms with Gasteiger partial charge in [0.2, 0.25) is 5.91 Å². The molecule has 1 aliphatic rings. The van der Waals surface area contributed by atoms with Crippen LogP contribution in [0.15, 0.2) is 72.9 Å². The minimum atomic E-state index is -4.41. The predicted octanol–water partition coefficient (Wildman–Crippen LogP) is 5.67. The number of hydrogen-bond acceptors (Lipinski definition) is 3. The van der Waals surface area contributed by atoms with Crippen molar-refractivity contribution in [2.24, 2.45) is 0 Å². The van der Waals surface area contributed by atoms with Crippen LogP contribution in [0.1, 0.15) is 34.9 Å². The summed E-state index contributed by atoms with van der Waals surface area (Å²) in [5.41, 5.74) is 2.98. The molecule has 0 aliphatic carbocycles. The minimum Gasteiger partial charge on any atom is -0.368 e. The summed E-state index contributed by atoms with van der Waals surface area (Å²) in [6, 6.07) is 17.3. The zero-order valence-electron chi connectivity index (χ0n) is 20.3. The highest BCUT2D eigenvalue weighted by atomic mass is 19.4. The lowest BCUT2D eigenvalue weighted by molar-refractivity contribution is -0.137. The topological polar surface area (TPSA) is 40.9 Å². The number of carbonyl (C=O) groups is 1. The Bertz CT molecular complexity index is 1420. The number of fused-ring (bicyclic) bond motifs is 1. The number of piperazine rings is 1. The smallest absolute Gasteiger partial charge is 0.368 e. The summed E-state index contributed by atoms with van der Waals surface area (Å²) >= 11 is 0. The number of alkyl halides is 3. The third kappa shape index (κ3) is 5.16. The first-order valence-corrected chi connectivity index (χ1v) is 12.1. The normalized spacial score (nSPS) is 15.3. The van der Waals surface area contributed by atoms with Crippen molar-refractivity contribution in [1.29, 1.82) is 0 Å². The Kier molecular flexibility index (Phi) is 6.62. The monoisotopic (exact) mass is 510 g/mol. The molecule has 1 aliphatic heterocycles. The lowest BCUT2D eigenvalue weighted by Crippen LogP contribution is -2.49. The van der Waals surface area contributed by atoms with E-state index in [9.17, 15) is 22.4 Å². The molecule has 1 amide bonds. The molecule has 37 heavy (non-hydrogen) atoms. The Labute approximate surface area is 212 Å². The van der Waals surface area contributed by atoms with Gasteiger partial charge in [0.25, 0.3) is 0 Å². The average Bonchev–Trinajstić information content (AvgIpc) is 3.32. The molecule has 5 rings (SSSR count). The van der Waals surface area contributed by atoms with Crippen LogP contribution >= 0.6 is 0 Å². The van der Waals surface area contributed by atoms with E-state index in [1.807, 2.05) is 40.5 Å². The molecule has 192 valence electrons. The number of nitrogens with zero attached hydrogens (tertiary/aromatic N) is 4. The van der Waals surface area contributed by atoms with Crippen LogP contribution < -0.4 is 4.90 Å². The molecular weight excluding hydrogens is 484 g/mol. The summed E-state index contributed by atoms with van der Waals surface area (Å²) in [6.45, 7) is 3.57. The van der Waals surface area contributed by atoms with Gasteiger partial charge in [0.15, 0.2) is 0 Å². The van der Waals surface area contributed by atoms with Crippen LogP contribution in [0.5, 0.6) is 0 Å². The first-order chi connectivity index (χ1) is 17.7. The van der Waals surface area contributed by atoms with Gasteiger partial charge in [-0.05, 0) is 55.0 Å². The third-order valence-electron chi connectivity index (χ3n) is 6.91. The summed E-state index contributed by atoms with van der Waals surface area (Å²) in [6.07, 6.45) is -2.55. The largest absolute Gasteiger partial charge is 0.416 e. The molecular formula is C28H26F4N4O. The second-order valence-corrected chi connectivity index (χ2v) is 9.27. The maximum absolute atomic E-state index is 14.2. The van der Waals surface area contributed by atoms with Crippen LogP contribution in [0.25, 0.3) is 5.65 Å². The van der Waals surface area contributed by atoms with Gasteiger partial charge in [0.1, 0.15) is 11.5 Å². The Morgan fingerprint density at radius 1 is 0.973 bits per heavy atom. The highest BCUT2D eigenvalue weighted by molar-refractivity contribution is 5.78. The Hall–Kier alpha value is -3.88. The number of anilines is 1. The summed E-state index contributed by atoms with van der Waals surface area (Å²) in [5, 5.41) is 0. The molecule has 0 N–H and O–H groups in total. The number of benzene rings is 2. The standard InChI is InChI=1S/C28H26F4N4O/c1-19-5-2-10-26-33-18-25(36(19)26)24(20-6-3-8-22(29)15-20)17-27(37)35-13-11-34(12-14-35)23-9-4-7-21(16-23)28(30,31)32/h2-10,15-16,18,24H,11-14,17H2,1H3. The number of rotatable bonds is 5. The summed E-state index contributed by atoms with van der Waals surface area (Å²) in [4.78, 5) is 21.5. The predicted molar refractivity (Wildman–Crippen MR) is 133 cm³/mol. The summed E-state index contributed by atoms with van der Waals surface area (Å²) in [7, 11) is 0. The quantitative estimate of drug-likeness (QED) is 0.325. The van der Waals surface area contributed by atoms with E-state index in [-0.39, 0.29) is 18.1 Å². The second kappa shape index (κ2) is 9.88. The molecule has 5 nitrogen and oxygen atoms in total. The number of amides is 1. The van der Waals surface area contributed by atoms with Crippen molar-refractivity contribution in [2.75, 3.05) is 31.1 Å². The minimum absolute atomic E-state index is 0.0958. The third-order valence-corrected chi connectivity index (χ3v) is 6.91. The lowest BCUT2D eigenvalue weighted by Gasteiger charge is -2.37. The first kappa shape index (κ1) is 24.8. The van der Waals surface area contributed by atoms with Crippen molar-refractivity contribution in [3.05, 3.63) is 101 Å². The van der Waals surface area contributed by atoms with Gasteiger partial charge in [-0.2, -0.15) is 13.2 Å². The van der Waals surface area contributed by atoms with Crippen LogP contribution in [0.4, 0.5) is 23.2 Å². The summed E-state index contributed by atoms with van der Waals surface area (Å²) < 4.78 is 55.5. The van der Waals surface area contributed by atoms with E-state index in [4.69, 9.17) is 0 Å². The number of carbonyl (C=O) groups excluding carboxylic acids is 1. The van der Waals surface area contributed by atoms with E-state index in [2.05, 4.69) is 4.98 Å². The number of pyridine rings is 1. The molecule has 4 aromatic rings. The molecule has 0 radical (unpaired) electrons. The van der Waals surface area contributed by atoms with Crippen molar-refractivity contribution in [2.45, 2.75) is 25.4 Å². The van der Waals surface area contributed by atoms with Crippen LogP contribution in [0.3, 0.4) is 0 Å². The van der Waals surface area contributed by atoms with E-state index < -0.39 is 17.7 Å². The summed E-state index contributed by atoms with van der Waals surface area (Å²) in [5.74, 6) is -0.891. The number of halogens is 4. The van der Waals surface area contributed by atoms with Crippen LogP contribution in [0, 0.1) is 12.7 Å². The second-order valence-electron chi connectivity index (χ2n) is 9.27.